The average molecular weight is 329 g/mol. The second-order valence-electron chi connectivity index (χ2n) is 3.83. The van der Waals surface area contributed by atoms with Gasteiger partial charge in [0.05, 0.1) is 23.0 Å². The number of hydrogen-bond donors (Lipinski definition) is 2. The van der Waals surface area contributed by atoms with Crippen LogP contribution in [0, 0.1) is 11.6 Å². The van der Waals surface area contributed by atoms with E-state index in [4.69, 9.17) is 10.5 Å². The Morgan fingerprint density at radius 1 is 1.16 bits per heavy atom. The molecule has 2 rings (SSSR count). The molecule has 0 heterocycles. The summed E-state index contributed by atoms with van der Waals surface area (Å²) in [5.74, 6) is -0.654. The van der Waals surface area contributed by atoms with Crippen LogP contribution in [0.4, 0.5) is 25.8 Å². The largest absolute Gasteiger partial charge is 0.495 e. The fourth-order valence-corrected chi connectivity index (χ4v) is 1.88. The van der Waals surface area contributed by atoms with Gasteiger partial charge in [-0.3, -0.25) is 0 Å². The number of ether oxygens (including phenoxy) is 1. The Kier molecular flexibility index (Phi) is 3.90. The first-order valence-electron chi connectivity index (χ1n) is 5.36. The first-order chi connectivity index (χ1) is 9.01. The molecule has 0 aliphatic heterocycles. The topological polar surface area (TPSA) is 47.3 Å². The highest BCUT2D eigenvalue weighted by Gasteiger charge is 2.09. The molecule has 0 unspecified atom stereocenters. The van der Waals surface area contributed by atoms with Crippen LogP contribution in [-0.4, -0.2) is 7.11 Å². The van der Waals surface area contributed by atoms with E-state index in [0.717, 1.165) is 12.1 Å². The maximum absolute atomic E-state index is 13.7. The Morgan fingerprint density at radius 2 is 1.89 bits per heavy atom. The van der Waals surface area contributed by atoms with Gasteiger partial charge in [0, 0.05) is 17.8 Å². The van der Waals surface area contributed by atoms with Crippen molar-refractivity contribution in [3.05, 3.63) is 46.4 Å². The van der Waals surface area contributed by atoms with Crippen LogP contribution >= 0.6 is 15.9 Å². The Balaban J connectivity index is 2.33. The molecule has 0 bridgehead atoms. The lowest BCUT2D eigenvalue weighted by Gasteiger charge is -2.11. The summed E-state index contributed by atoms with van der Waals surface area (Å²) < 4.78 is 32.2. The van der Waals surface area contributed by atoms with Crippen molar-refractivity contribution in [2.45, 2.75) is 0 Å². The van der Waals surface area contributed by atoms with Crippen LogP contribution in [0.3, 0.4) is 0 Å². The summed E-state index contributed by atoms with van der Waals surface area (Å²) in [5, 5.41) is 2.77. The van der Waals surface area contributed by atoms with Gasteiger partial charge in [0.25, 0.3) is 0 Å². The van der Waals surface area contributed by atoms with Crippen molar-refractivity contribution in [2.75, 3.05) is 18.2 Å². The van der Waals surface area contributed by atoms with E-state index in [0.29, 0.717) is 17.1 Å². The van der Waals surface area contributed by atoms with Crippen molar-refractivity contribution in [2.24, 2.45) is 0 Å². The highest BCUT2D eigenvalue weighted by atomic mass is 79.9. The van der Waals surface area contributed by atoms with Gasteiger partial charge in [-0.15, -0.1) is 0 Å². The predicted octanol–water partition coefficient (Wildman–Crippen LogP) is 4.06. The Morgan fingerprint density at radius 3 is 2.58 bits per heavy atom. The minimum Gasteiger partial charge on any atom is -0.495 e. The molecule has 0 radical (unpaired) electrons. The summed E-state index contributed by atoms with van der Waals surface area (Å²) in [6.45, 7) is 0. The molecule has 19 heavy (non-hydrogen) atoms. The van der Waals surface area contributed by atoms with E-state index in [1.54, 1.807) is 18.2 Å². The van der Waals surface area contributed by atoms with E-state index in [-0.39, 0.29) is 10.2 Å². The molecule has 0 saturated carbocycles. The third kappa shape index (κ3) is 2.96. The van der Waals surface area contributed by atoms with Crippen LogP contribution in [0.15, 0.2) is 34.8 Å². The summed E-state index contributed by atoms with van der Waals surface area (Å²) in [7, 11) is 1.48. The quantitative estimate of drug-likeness (QED) is 0.659. The van der Waals surface area contributed by atoms with Crippen molar-refractivity contribution >= 4 is 33.0 Å². The number of halogens is 3. The fourth-order valence-electron chi connectivity index (χ4n) is 1.56. The molecule has 0 fully saturated rings. The minimum absolute atomic E-state index is 0.0347. The predicted molar refractivity (Wildman–Crippen MR) is 74.7 cm³/mol. The van der Waals surface area contributed by atoms with Crippen molar-refractivity contribution in [3.63, 3.8) is 0 Å². The lowest BCUT2D eigenvalue weighted by molar-refractivity contribution is 0.417. The summed E-state index contributed by atoms with van der Waals surface area (Å²) >= 11 is 2.92. The van der Waals surface area contributed by atoms with Gasteiger partial charge < -0.3 is 15.8 Å². The fraction of sp³-hybridized carbons (Fsp3) is 0.0769. The van der Waals surface area contributed by atoms with Gasteiger partial charge in [-0.05, 0) is 34.1 Å². The molecule has 0 amide bonds. The van der Waals surface area contributed by atoms with E-state index >= 15 is 0 Å². The van der Waals surface area contributed by atoms with Gasteiger partial charge in [-0.2, -0.15) is 0 Å². The van der Waals surface area contributed by atoms with Gasteiger partial charge >= 0.3 is 0 Å². The number of benzene rings is 2. The highest BCUT2D eigenvalue weighted by Crippen LogP contribution is 2.29. The maximum Gasteiger partial charge on any atom is 0.147 e. The number of nitrogens with one attached hydrogen (secondary N) is 1. The number of rotatable bonds is 3. The second kappa shape index (κ2) is 5.44. The Bertz CT molecular complexity index is 620. The molecule has 0 aliphatic rings. The van der Waals surface area contributed by atoms with Crippen molar-refractivity contribution in [1.29, 1.82) is 0 Å². The molecule has 0 spiro atoms. The van der Waals surface area contributed by atoms with Gasteiger partial charge in [-0.1, -0.05) is 0 Å². The number of nitrogen functional groups attached to an aromatic ring is 1. The van der Waals surface area contributed by atoms with E-state index in [1.807, 2.05) is 0 Å². The first kappa shape index (κ1) is 13.6. The van der Waals surface area contributed by atoms with Crippen LogP contribution in [0.2, 0.25) is 0 Å². The summed E-state index contributed by atoms with van der Waals surface area (Å²) in [6.07, 6.45) is 0. The van der Waals surface area contributed by atoms with Crippen LogP contribution < -0.4 is 15.8 Å². The summed E-state index contributed by atoms with van der Waals surface area (Å²) in [4.78, 5) is 0. The van der Waals surface area contributed by atoms with Crippen LogP contribution in [0.25, 0.3) is 0 Å². The summed E-state index contributed by atoms with van der Waals surface area (Å²) in [5.41, 5.74) is 6.72. The number of hydrogen-bond acceptors (Lipinski definition) is 3. The Labute approximate surface area is 117 Å². The number of anilines is 3. The van der Waals surface area contributed by atoms with Crippen molar-refractivity contribution in [1.82, 2.24) is 0 Å². The van der Waals surface area contributed by atoms with E-state index < -0.39 is 11.6 Å². The molecule has 3 nitrogen and oxygen atoms in total. The lowest BCUT2D eigenvalue weighted by Crippen LogP contribution is -1.98. The third-order valence-electron chi connectivity index (χ3n) is 2.52. The SMILES string of the molecule is COc1cc(Nc2cc(F)c(Br)cc2F)ccc1N. The molecule has 0 atom stereocenters. The van der Waals surface area contributed by atoms with E-state index in [1.165, 1.54) is 7.11 Å². The van der Waals surface area contributed by atoms with Crippen molar-refractivity contribution < 1.29 is 13.5 Å². The van der Waals surface area contributed by atoms with Crippen LogP contribution in [0.1, 0.15) is 0 Å². The van der Waals surface area contributed by atoms with E-state index in [2.05, 4.69) is 21.2 Å². The van der Waals surface area contributed by atoms with Crippen molar-refractivity contribution in [3.8, 4) is 5.75 Å². The lowest BCUT2D eigenvalue weighted by atomic mass is 10.2. The monoisotopic (exact) mass is 328 g/mol. The molecule has 0 aliphatic carbocycles. The van der Waals surface area contributed by atoms with Gasteiger partial charge in [0.15, 0.2) is 0 Å². The normalized spacial score (nSPS) is 10.3. The third-order valence-corrected chi connectivity index (χ3v) is 3.13. The molecule has 0 saturated heterocycles. The first-order valence-corrected chi connectivity index (χ1v) is 6.15. The molecule has 2 aromatic carbocycles. The smallest absolute Gasteiger partial charge is 0.147 e. The maximum atomic E-state index is 13.7. The average Bonchev–Trinajstić information content (AvgIpc) is 2.38. The molecular formula is C13H11BrF2N2O. The van der Waals surface area contributed by atoms with Crippen LogP contribution in [0.5, 0.6) is 5.75 Å². The molecule has 3 N–H and O–H groups in total. The molecule has 2 aromatic rings. The van der Waals surface area contributed by atoms with Crippen LogP contribution in [-0.2, 0) is 0 Å². The zero-order valence-corrected chi connectivity index (χ0v) is 11.6. The molecule has 100 valence electrons. The van der Waals surface area contributed by atoms with Gasteiger partial charge in [0.1, 0.15) is 17.4 Å². The second-order valence-corrected chi connectivity index (χ2v) is 4.68. The number of methoxy groups -OCH3 is 1. The molecule has 6 heteroatoms. The zero-order chi connectivity index (χ0) is 14.0. The summed E-state index contributed by atoms with van der Waals surface area (Å²) in [6, 6.07) is 7.01. The standard InChI is InChI=1S/C13H11BrF2N2O/c1-19-13-4-7(2-3-11(13)17)18-12-6-9(15)8(14)5-10(12)16/h2-6,18H,17H2,1H3. The van der Waals surface area contributed by atoms with Gasteiger partial charge in [0.2, 0.25) is 0 Å². The minimum atomic E-state index is -0.566. The molecule has 0 aromatic heterocycles. The van der Waals surface area contributed by atoms with E-state index in [9.17, 15) is 8.78 Å². The molecular weight excluding hydrogens is 318 g/mol. The highest BCUT2D eigenvalue weighted by molar-refractivity contribution is 9.10. The van der Waals surface area contributed by atoms with Gasteiger partial charge in [-0.25, -0.2) is 8.78 Å². The number of nitrogens with two attached hydrogens (primary N) is 1. The zero-order valence-electron chi connectivity index (χ0n) is 10.0. The Hall–Kier alpha value is -1.82.